The first-order valence-electron chi connectivity index (χ1n) is 7.65. The van der Waals surface area contributed by atoms with E-state index in [9.17, 15) is 4.79 Å². The van der Waals surface area contributed by atoms with Gasteiger partial charge in [0.05, 0.1) is 0 Å². The Kier molecular flexibility index (Phi) is 6.80. The van der Waals surface area contributed by atoms with Gasteiger partial charge in [0.2, 0.25) is 5.91 Å². The van der Waals surface area contributed by atoms with Gasteiger partial charge in [0.15, 0.2) is 0 Å². The number of nitrogens with zero attached hydrogens (tertiary/aromatic N) is 3. The molecule has 0 N–H and O–H groups in total. The van der Waals surface area contributed by atoms with Crippen LogP contribution in [0.3, 0.4) is 0 Å². The molecule has 4 heteroatoms. The molecule has 1 aliphatic heterocycles. The second-order valence-electron chi connectivity index (χ2n) is 6.13. The SMILES string of the molecule is CC(=O)N1CCN(CCCN(C(C)C)C(C)C)CC1. The molecule has 0 radical (unpaired) electrons. The number of carbonyl (C=O) groups is 1. The van der Waals surface area contributed by atoms with E-state index < -0.39 is 0 Å². The maximum atomic E-state index is 11.3. The summed E-state index contributed by atoms with van der Waals surface area (Å²) in [5.41, 5.74) is 0. The number of hydrogen-bond acceptors (Lipinski definition) is 3. The van der Waals surface area contributed by atoms with Crippen LogP contribution in [0.25, 0.3) is 0 Å². The van der Waals surface area contributed by atoms with Gasteiger partial charge in [0, 0.05) is 45.2 Å². The van der Waals surface area contributed by atoms with Crippen LogP contribution in [0.15, 0.2) is 0 Å². The van der Waals surface area contributed by atoms with Crippen molar-refractivity contribution < 1.29 is 4.79 Å². The van der Waals surface area contributed by atoms with Crippen molar-refractivity contribution in [3.8, 4) is 0 Å². The van der Waals surface area contributed by atoms with Crippen molar-refractivity contribution in [2.45, 2.75) is 53.1 Å². The molecule has 1 rings (SSSR count). The predicted octanol–water partition coefficient (Wildman–Crippen LogP) is 1.66. The lowest BCUT2D eigenvalue weighted by molar-refractivity contribution is -0.130. The largest absolute Gasteiger partial charge is 0.340 e. The van der Waals surface area contributed by atoms with E-state index in [0.29, 0.717) is 12.1 Å². The topological polar surface area (TPSA) is 26.8 Å². The van der Waals surface area contributed by atoms with E-state index in [0.717, 1.165) is 32.7 Å². The van der Waals surface area contributed by atoms with Crippen LogP contribution >= 0.6 is 0 Å². The van der Waals surface area contributed by atoms with Gasteiger partial charge in [-0.3, -0.25) is 14.6 Å². The molecule has 1 amide bonds. The lowest BCUT2D eigenvalue weighted by Gasteiger charge is -2.35. The van der Waals surface area contributed by atoms with Crippen molar-refractivity contribution in [2.24, 2.45) is 0 Å². The Morgan fingerprint density at radius 1 is 1.05 bits per heavy atom. The molecule has 1 heterocycles. The van der Waals surface area contributed by atoms with Gasteiger partial charge >= 0.3 is 0 Å². The monoisotopic (exact) mass is 269 g/mol. The molecule has 0 aliphatic carbocycles. The molecule has 112 valence electrons. The van der Waals surface area contributed by atoms with E-state index in [1.807, 2.05) is 4.90 Å². The number of hydrogen-bond donors (Lipinski definition) is 0. The molecule has 0 aromatic carbocycles. The van der Waals surface area contributed by atoms with Gasteiger partial charge in [-0.2, -0.15) is 0 Å². The minimum absolute atomic E-state index is 0.213. The maximum Gasteiger partial charge on any atom is 0.219 e. The summed E-state index contributed by atoms with van der Waals surface area (Å²) in [6.07, 6.45) is 1.22. The standard InChI is InChI=1S/C15H31N3O/c1-13(2)18(14(3)4)8-6-7-16-9-11-17(12-10-16)15(5)19/h13-14H,6-12H2,1-5H3. The van der Waals surface area contributed by atoms with Crippen molar-refractivity contribution >= 4 is 5.91 Å². The molecule has 0 unspecified atom stereocenters. The quantitative estimate of drug-likeness (QED) is 0.734. The Hall–Kier alpha value is -0.610. The van der Waals surface area contributed by atoms with E-state index >= 15 is 0 Å². The number of piperazine rings is 1. The van der Waals surface area contributed by atoms with E-state index in [1.165, 1.54) is 13.0 Å². The summed E-state index contributed by atoms with van der Waals surface area (Å²) < 4.78 is 0. The Morgan fingerprint density at radius 2 is 1.58 bits per heavy atom. The average molecular weight is 269 g/mol. The van der Waals surface area contributed by atoms with Crippen LogP contribution in [0.4, 0.5) is 0 Å². The fourth-order valence-corrected chi connectivity index (χ4v) is 2.88. The van der Waals surface area contributed by atoms with Crippen molar-refractivity contribution in [1.29, 1.82) is 0 Å². The van der Waals surface area contributed by atoms with Gasteiger partial charge in [-0.05, 0) is 47.2 Å². The fraction of sp³-hybridized carbons (Fsp3) is 0.933. The minimum Gasteiger partial charge on any atom is -0.340 e. The van der Waals surface area contributed by atoms with Crippen LogP contribution in [0.1, 0.15) is 41.0 Å². The minimum atomic E-state index is 0.213. The first-order chi connectivity index (χ1) is 8.91. The lowest BCUT2D eigenvalue weighted by Crippen LogP contribution is -2.48. The first kappa shape index (κ1) is 16.4. The van der Waals surface area contributed by atoms with Crippen molar-refractivity contribution in [2.75, 3.05) is 39.3 Å². The van der Waals surface area contributed by atoms with E-state index in [1.54, 1.807) is 6.92 Å². The molecule has 1 aliphatic rings. The van der Waals surface area contributed by atoms with Gasteiger partial charge in [-0.15, -0.1) is 0 Å². The Bertz CT molecular complexity index is 263. The summed E-state index contributed by atoms with van der Waals surface area (Å²) in [7, 11) is 0. The van der Waals surface area contributed by atoms with Gasteiger partial charge in [0.25, 0.3) is 0 Å². The molecule has 0 bridgehead atoms. The molecule has 0 aromatic rings. The summed E-state index contributed by atoms with van der Waals surface area (Å²) in [5, 5.41) is 0. The van der Waals surface area contributed by atoms with Crippen LogP contribution in [0.2, 0.25) is 0 Å². The molecule has 0 atom stereocenters. The van der Waals surface area contributed by atoms with E-state index in [-0.39, 0.29) is 5.91 Å². The van der Waals surface area contributed by atoms with Gasteiger partial charge in [-0.1, -0.05) is 0 Å². The van der Waals surface area contributed by atoms with E-state index in [4.69, 9.17) is 0 Å². The second-order valence-corrected chi connectivity index (χ2v) is 6.13. The highest BCUT2D eigenvalue weighted by atomic mass is 16.2. The summed E-state index contributed by atoms with van der Waals surface area (Å²) in [6, 6.07) is 1.24. The van der Waals surface area contributed by atoms with Crippen LogP contribution in [-0.2, 0) is 4.79 Å². The van der Waals surface area contributed by atoms with Crippen LogP contribution in [0.5, 0.6) is 0 Å². The third kappa shape index (κ3) is 5.49. The summed E-state index contributed by atoms with van der Waals surface area (Å²) in [5.74, 6) is 0.213. The Morgan fingerprint density at radius 3 is 2.00 bits per heavy atom. The highest BCUT2D eigenvalue weighted by Gasteiger charge is 2.19. The third-order valence-electron chi connectivity index (χ3n) is 4.03. The molecule has 0 saturated carbocycles. The zero-order valence-electron chi connectivity index (χ0n) is 13.4. The Labute approximate surface area is 118 Å². The number of rotatable bonds is 6. The molecular formula is C15H31N3O. The van der Waals surface area contributed by atoms with Crippen LogP contribution in [0, 0.1) is 0 Å². The van der Waals surface area contributed by atoms with E-state index in [2.05, 4.69) is 37.5 Å². The highest BCUT2D eigenvalue weighted by Crippen LogP contribution is 2.08. The first-order valence-corrected chi connectivity index (χ1v) is 7.65. The Balaban J connectivity index is 2.22. The summed E-state index contributed by atoms with van der Waals surface area (Å²) in [4.78, 5) is 18.2. The zero-order valence-corrected chi connectivity index (χ0v) is 13.4. The fourth-order valence-electron chi connectivity index (χ4n) is 2.88. The maximum absolute atomic E-state index is 11.3. The third-order valence-corrected chi connectivity index (χ3v) is 4.03. The molecule has 4 nitrogen and oxygen atoms in total. The number of carbonyl (C=O) groups excluding carboxylic acids is 1. The van der Waals surface area contributed by atoms with Gasteiger partial charge in [-0.25, -0.2) is 0 Å². The summed E-state index contributed by atoms with van der Waals surface area (Å²) in [6.45, 7) is 16.9. The number of amides is 1. The van der Waals surface area contributed by atoms with Crippen LogP contribution < -0.4 is 0 Å². The summed E-state index contributed by atoms with van der Waals surface area (Å²) >= 11 is 0. The van der Waals surface area contributed by atoms with Crippen molar-refractivity contribution in [3.05, 3.63) is 0 Å². The molecule has 19 heavy (non-hydrogen) atoms. The average Bonchev–Trinajstić information content (AvgIpc) is 2.34. The van der Waals surface area contributed by atoms with Gasteiger partial charge < -0.3 is 4.90 Å². The van der Waals surface area contributed by atoms with Crippen molar-refractivity contribution in [1.82, 2.24) is 14.7 Å². The molecule has 1 saturated heterocycles. The van der Waals surface area contributed by atoms with Crippen molar-refractivity contribution in [3.63, 3.8) is 0 Å². The molecular weight excluding hydrogens is 238 g/mol. The molecule has 0 spiro atoms. The second kappa shape index (κ2) is 7.85. The predicted molar refractivity (Wildman–Crippen MR) is 80.3 cm³/mol. The zero-order chi connectivity index (χ0) is 14.4. The highest BCUT2D eigenvalue weighted by molar-refractivity contribution is 5.73. The molecule has 1 fully saturated rings. The normalized spacial score (nSPS) is 17.8. The van der Waals surface area contributed by atoms with Crippen LogP contribution in [-0.4, -0.2) is 72.0 Å². The molecule has 0 aromatic heterocycles. The van der Waals surface area contributed by atoms with Gasteiger partial charge in [0.1, 0.15) is 0 Å². The smallest absolute Gasteiger partial charge is 0.219 e. The lowest BCUT2D eigenvalue weighted by atomic mass is 10.2.